The van der Waals surface area contributed by atoms with Crippen molar-refractivity contribution in [1.29, 1.82) is 0 Å². The van der Waals surface area contributed by atoms with Gasteiger partial charge in [-0.3, -0.25) is 4.79 Å². The standard InChI is InChI=1S/C10H15N3O3S/c14-10(8-1-2-8)12-5-6-13-17(15,16)9-3-4-11-7-9/h3-4,7-8,11,13H,1-2,5-6H2,(H,12,14). The molecular weight excluding hydrogens is 242 g/mol. The first kappa shape index (κ1) is 12.1. The summed E-state index contributed by atoms with van der Waals surface area (Å²) in [5, 5.41) is 2.69. The van der Waals surface area contributed by atoms with Crippen LogP contribution in [0, 0.1) is 5.92 Å². The number of aromatic nitrogens is 1. The average Bonchev–Trinajstić information content (AvgIpc) is 2.99. The number of carbonyl (C=O) groups excluding carboxylic acids is 1. The van der Waals surface area contributed by atoms with E-state index in [9.17, 15) is 13.2 Å². The van der Waals surface area contributed by atoms with Crippen LogP contribution in [-0.4, -0.2) is 32.4 Å². The van der Waals surface area contributed by atoms with Crippen molar-refractivity contribution in [2.75, 3.05) is 13.1 Å². The zero-order chi connectivity index (χ0) is 12.3. The van der Waals surface area contributed by atoms with E-state index in [0.717, 1.165) is 12.8 Å². The van der Waals surface area contributed by atoms with E-state index in [2.05, 4.69) is 15.0 Å². The van der Waals surface area contributed by atoms with Gasteiger partial charge in [-0.25, -0.2) is 13.1 Å². The molecule has 0 aliphatic heterocycles. The predicted molar refractivity (Wildman–Crippen MR) is 61.7 cm³/mol. The summed E-state index contributed by atoms with van der Waals surface area (Å²) in [6.45, 7) is 0.519. The molecule has 94 valence electrons. The minimum atomic E-state index is -3.45. The molecule has 0 unspecified atom stereocenters. The highest BCUT2D eigenvalue weighted by molar-refractivity contribution is 7.89. The van der Waals surface area contributed by atoms with Crippen LogP contribution < -0.4 is 10.0 Å². The summed E-state index contributed by atoms with van der Waals surface area (Å²) in [6, 6.07) is 1.48. The maximum absolute atomic E-state index is 11.6. The highest BCUT2D eigenvalue weighted by Crippen LogP contribution is 2.28. The van der Waals surface area contributed by atoms with E-state index in [4.69, 9.17) is 0 Å². The second kappa shape index (κ2) is 4.89. The minimum absolute atomic E-state index is 0.0193. The van der Waals surface area contributed by atoms with Crippen LogP contribution in [-0.2, 0) is 14.8 Å². The van der Waals surface area contributed by atoms with Gasteiger partial charge in [-0.05, 0) is 18.9 Å². The molecule has 2 rings (SSSR count). The van der Waals surface area contributed by atoms with Crippen molar-refractivity contribution in [3.05, 3.63) is 18.5 Å². The fourth-order valence-corrected chi connectivity index (χ4v) is 2.43. The number of nitrogens with one attached hydrogen (secondary N) is 3. The normalized spacial score (nSPS) is 15.8. The second-order valence-electron chi connectivity index (χ2n) is 4.01. The molecule has 1 aliphatic carbocycles. The lowest BCUT2D eigenvalue weighted by Crippen LogP contribution is -2.35. The fraction of sp³-hybridized carbons (Fsp3) is 0.500. The Labute approximate surface area is 99.8 Å². The van der Waals surface area contributed by atoms with Crippen molar-refractivity contribution >= 4 is 15.9 Å². The number of carbonyl (C=O) groups is 1. The number of amides is 1. The highest BCUT2D eigenvalue weighted by atomic mass is 32.2. The van der Waals surface area contributed by atoms with E-state index >= 15 is 0 Å². The summed E-state index contributed by atoms with van der Waals surface area (Å²) in [4.78, 5) is 14.1. The molecule has 0 aromatic carbocycles. The van der Waals surface area contributed by atoms with E-state index in [0.29, 0.717) is 6.54 Å². The molecule has 3 N–H and O–H groups in total. The van der Waals surface area contributed by atoms with Crippen LogP contribution in [0.25, 0.3) is 0 Å². The van der Waals surface area contributed by atoms with Crippen LogP contribution in [0.4, 0.5) is 0 Å². The third-order valence-corrected chi connectivity index (χ3v) is 4.00. The van der Waals surface area contributed by atoms with Gasteiger partial charge in [0.25, 0.3) is 0 Å². The van der Waals surface area contributed by atoms with Crippen LogP contribution in [0.2, 0.25) is 0 Å². The van der Waals surface area contributed by atoms with Gasteiger partial charge >= 0.3 is 0 Å². The van der Waals surface area contributed by atoms with Crippen molar-refractivity contribution in [3.63, 3.8) is 0 Å². The molecule has 1 heterocycles. The zero-order valence-electron chi connectivity index (χ0n) is 9.27. The summed E-state index contributed by atoms with van der Waals surface area (Å²) in [7, 11) is -3.45. The van der Waals surface area contributed by atoms with Crippen LogP contribution in [0.3, 0.4) is 0 Å². The number of hydrogen-bond donors (Lipinski definition) is 3. The fourth-order valence-electron chi connectivity index (χ4n) is 1.42. The molecule has 1 aliphatic rings. The predicted octanol–water partition coefficient (Wildman–Crippen LogP) is -0.181. The molecule has 1 fully saturated rings. The maximum Gasteiger partial charge on any atom is 0.242 e. The molecule has 6 nitrogen and oxygen atoms in total. The van der Waals surface area contributed by atoms with Crippen LogP contribution >= 0.6 is 0 Å². The first-order valence-corrected chi connectivity index (χ1v) is 6.98. The number of hydrogen-bond acceptors (Lipinski definition) is 3. The van der Waals surface area contributed by atoms with Gasteiger partial charge in [0.2, 0.25) is 15.9 Å². The molecule has 1 saturated carbocycles. The van der Waals surface area contributed by atoms with Gasteiger partial charge < -0.3 is 10.3 Å². The third kappa shape index (κ3) is 3.31. The molecule has 1 amide bonds. The van der Waals surface area contributed by atoms with E-state index in [1.807, 2.05) is 0 Å². The Bertz CT molecular complexity index is 477. The van der Waals surface area contributed by atoms with Crippen molar-refractivity contribution in [2.24, 2.45) is 5.92 Å². The van der Waals surface area contributed by atoms with E-state index in [-0.39, 0.29) is 23.3 Å². The molecule has 0 bridgehead atoms. The number of sulfonamides is 1. The van der Waals surface area contributed by atoms with Gasteiger partial charge in [-0.2, -0.15) is 0 Å². The molecule has 1 aromatic rings. The summed E-state index contributed by atoms with van der Waals surface area (Å²) in [6.07, 6.45) is 4.84. The number of aromatic amines is 1. The smallest absolute Gasteiger partial charge is 0.242 e. The molecule has 17 heavy (non-hydrogen) atoms. The Balaban J connectivity index is 1.72. The first-order chi connectivity index (χ1) is 8.09. The molecular formula is C10H15N3O3S. The van der Waals surface area contributed by atoms with E-state index < -0.39 is 10.0 Å². The van der Waals surface area contributed by atoms with Crippen molar-refractivity contribution < 1.29 is 13.2 Å². The van der Waals surface area contributed by atoms with Crippen molar-refractivity contribution in [2.45, 2.75) is 17.7 Å². The summed E-state index contributed by atoms with van der Waals surface area (Å²) in [5.74, 6) is 0.169. The first-order valence-electron chi connectivity index (χ1n) is 5.50. The molecule has 0 atom stereocenters. The largest absolute Gasteiger partial charge is 0.366 e. The van der Waals surface area contributed by atoms with E-state index in [1.165, 1.54) is 12.3 Å². The van der Waals surface area contributed by atoms with Gasteiger partial charge in [0, 0.05) is 31.4 Å². The molecule has 0 radical (unpaired) electrons. The lowest BCUT2D eigenvalue weighted by atomic mass is 10.4. The molecule has 7 heteroatoms. The SMILES string of the molecule is O=C(NCCNS(=O)(=O)c1cc[nH]c1)C1CC1. The van der Waals surface area contributed by atoms with Crippen LogP contribution in [0.15, 0.2) is 23.4 Å². The van der Waals surface area contributed by atoms with Gasteiger partial charge in [-0.15, -0.1) is 0 Å². The van der Waals surface area contributed by atoms with Gasteiger partial charge in [0.05, 0.1) is 4.90 Å². The lowest BCUT2D eigenvalue weighted by Gasteiger charge is -2.06. The Hall–Kier alpha value is -1.34. The quantitative estimate of drug-likeness (QED) is 0.617. The Kier molecular flexibility index (Phi) is 3.49. The van der Waals surface area contributed by atoms with Crippen LogP contribution in [0.1, 0.15) is 12.8 Å². The monoisotopic (exact) mass is 257 g/mol. The molecule has 1 aromatic heterocycles. The summed E-state index contributed by atoms with van der Waals surface area (Å²) in [5.41, 5.74) is 0. The summed E-state index contributed by atoms with van der Waals surface area (Å²) >= 11 is 0. The molecule has 0 saturated heterocycles. The van der Waals surface area contributed by atoms with E-state index in [1.54, 1.807) is 6.20 Å². The highest BCUT2D eigenvalue weighted by Gasteiger charge is 2.29. The second-order valence-corrected chi connectivity index (χ2v) is 5.78. The number of rotatable bonds is 6. The number of H-pyrrole nitrogens is 1. The van der Waals surface area contributed by atoms with Gasteiger partial charge in [0.15, 0.2) is 0 Å². The average molecular weight is 257 g/mol. The van der Waals surface area contributed by atoms with Gasteiger partial charge in [-0.1, -0.05) is 0 Å². The Morgan fingerprint density at radius 1 is 1.41 bits per heavy atom. The zero-order valence-corrected chi connectivity index (χ0v) is 10.1. The maximum atomic E-state index is 11.6. The van der Waals surface area contributed by atoms with Gasteiger partial charge in [0.1, 0.15) is 0 Å². The topological polar surface area (TPSA) is 91.1 Å². The van der Waals surface area contributed by atoms with Crippen molar-refractivity contribution in [1.82, 2.24) is 15.0 Å². The third-order valence-electron chi connectivity index (χ3n) is 2.54. The Morgan fingerprint density at radius 2 is 2.18 bits per heavy atom. The minimum Gasteiger partial charge on any atom is -0.366 e. The van der Waals surface area contributed by atoms with Crippen LogP contribution in [0.5, 0.6) is 0 Å². The lowest BCUT2D eigenvalue weighted by molar-refractivity contribution is -0.122. The summed E-state index contributed by atoms with van der Waals surface area (Å²) < 4.78 is 25.7. The Morgan fingerprint density at radius 3 is 2.76 bits per heavy atom. The molecule has 0 spiro atoms. The van der Waals surface area contributed by atoms with Crippen molar-refractivity contribution in [3.8, 4) is 0 Å².